The number of nitrogens with one attached hydrogen (secondary N) is 1. The Kier molecular flexibility index (Phi) is 4.34. The van der Waals surface area contributed by atoms with Crippen LogP contribution in [0, 0.1) is 6.92 Å². The monoisotopic (exact) mass is 375 g/mol. The first-order valence-corrected chi connectivity index (χ1v) is 9.84. The van der Waals surface area contributed by atoms with Crippen molar-refractivity contribution in [2.24, 2.45) is 0 Å². The van der Waals surface area contributed by atoms with Crippen LogP contribution >= 0.6 is 23.1 Å². The molecule has 0 aromatic carbocycles. The van der Waals surface area contributed by atoms with Gasteiger partial charge in [-0.25, -0.2) is 9.97 Å². The van der Waals surface area contributed by atoms with Crippen molar-refractivity contribution in [3.05, 3.63) is 22.3 Å². The van der Waals surface area contributed by atoms with Crippen molar-refractivity contribution in [2.45, 2.75) is 37.8 Å². The molecule has 0 aliphatic heterocycles. The molecule has 3 aromatic heterocycles. The minimum atomic E-state index is -0.189. The lowest BCUT2D eigenvalue weighted by Crippen LogP contribution is -2.14. The Hall–Kier alpha value is -2.13. The van der Waals surface area contributed by atoms with Gasteiger partial charge in [-0.2, -0.15) is 0 Å². The van der Waals surface area contributed by atoms with Crippen LogP contribution in [0.1, 0.15) is 29.0 Å². The molecule has 0 atom stereocenters. The maximum Gasteiger partial charge on any atom is 0.236 e. The fourth-order valence-electron chi connectivity index (χ4n) is 2.96. The summed E-state index contributed by atoms with van der Waals surface area (Å²) in [4.78, 5) is 23.3. The number of hydrogen-bond acceptors (Lipinski definition) is 8. The SMILES string of the molecule is Cc1cc(NC(=O)CSc2nc(N)c3c4c(sc3n2)CCCC4)no1. The van der Waals surface area contributed by atoms with Gasteiger partial charge in [0.05, 0.1) is 11.1 Å². The minimum absolute atomic E-state index is 0.182. The summed E-state index contributed by atoms with van der Waals surface area (Å²) in [5.41, 5.74) is 7.50. The Morgan fingerprint density at radius 2 is 2.24 bits per heavy atom. The number of carbonyl (C=O) groups is 1. The maximum absolute atomic E-state index is 12.0. The molecule has 0 fully saturated rings. The molecule has 25 heavy (non-hydrogen) atoms. The van der Waals surface area contributed by atoms with E-state index in [1.807, 2.05) is 0 Å². The zero-order valence-corrected chi connectivity index (χ0v) is 15.3. The van der Waals surface area contributed by atoms with E-state index in [9.17, 15) is 4.79 Å². The van der Waals surface area contributed by atoms with Crippen LogP contribution in [0.2, 0.25) is 0 Å². The van der Waals surface area contributed by atoms with Crippen LogP contribution in [0.25, 0.3) is 10.2 Å². The molecule has 3 aromatic rings. The van der Waals surface area contributed by atoms with E-state index in [1.165, 1.54) is 35.0 Å². The Bertz CT molecular complexity index is 950. The molecular weight excluding hydrogens is 358 g/mol. The Morgan fingerprint density at radius 3 is 3.04 bits per heavy atom. The first-order valence-electron chi connectivity index (χ1n) is 8.04. The van der Waals surface area contributed by atoms with Gasteiger partial charge in [0.2, 0.25) is 5.91 Å². The lowest BCUT2D eigenvalue weighted by atomic mass is 9.97. The van der Waals surface area contributed by atoms with E-state index in [2.05, 4.69) is 20.4 Å². The largest absolute Gasteiger partial charge is 0.383 e. The first-order chi connectivity index (χ1) is 12.1. The summed E-state index contributed by atoms with van der Waals surface area (Å²) in [6.07, 6.45) is 4.56. The lowest BCUT2D eigenvalue weighted by molar-refractivity contribution is -0.113. The van der Waals surface area contributed by atoms with Gasteiger partial charge < -0.3 is 15.6 Å². The van der Waals surface area contributed by atoms with Crippen molar-refractivity contribution in [3.8, 4) is 0 Å². The minimum Gasteiger partial charge on any atom is -0.383 e. The summed E-state index contributed by atoms with van der Waals surface area (Å²) >= 11 is 2.96. The Morgan fingerprint density at radius 1 is 1.40 bits per heavy atom. The average molecular weight is 375 g/mol. The number of nitrogens with zero attached hydrogens (tertiary/aromatic N) is 3. The summed E-state index contributed by atoms with van der Waals surface area (Å²) in [7, 11) is 0. The van der Waals surface area contributed by atoms with E-state index in [-0.39, 0.29) is 11.7 Å². The van der Waals surface area contributed by atoms with Crippen molar-refractivity contribution in [1.82, 2.24) is 15.1 Å². The highest BCUT2D eigenvalue weighted by Crippen LogP contribution is 2.38. The van der Waals surface area contributed by atoms with E-state index in [0.717, 1.165) is 23.1 Å². The molecule has 1 amide bonds. The van der Waals surface area contributed by atoms with Crippen LogP contribution in [-0.2, 0) is 17.6 Å². The summed E-state index contributed by atoms with van der Waals surface area (Å²) < 4.78 is 4.92. The van der Waals surface area contributed by atoms with Gasteiger partial charge >= 0.3 is 0 Å². The molecule has 3 heterocycles. The Balaban J connectivity index is 1.49. The average Bonchev–Trinajstić information content (AvgIpc) is 3.16. The molecule has 130 valence electrons. The van der Waals surface area contributed by atoms with Crippen molar-refractivity contribution < 1.29 is 9.32 Å². The second-order valence-electron chi connectivity index (χ2n) is 5.94. The standard InChI is InChI=1S/C16H17N5O2S2/c1-8-6-11(21-23-8)18-12(22)7-24-16-19-14(17)13-9-4-2-3-5-10(9)25-15(13)20-16/h6H,2-5,7H2,1H3,(H2,17,19,20)(H,18,21,22). The van der Waals surface area contributed by atoms with Gasteiger partial charge in [-0.15, -0.1) is 11.3 Å². The van der Waals surface area contributed by atoms with Crippen LogP contribution in [0.5, 0.6) is 0 Å². The van der Waals surface area contributed by atoms with Gasteiger partial charge in [0.25, 0.3) is 0 Å². The van der Waals surface area contributed by atoms with E-state index < -0.39 is 0 Å². The van der Waals surface area contributed by atoms with Gasteiger partial charge in [-0.1, -0.05) is 16.9 Å². The lowest BCUT2D eigenvalue weighted by Gasteiger charge is -2.10. The molecule has 7 nitrogen and oxygen atoms in total. The molecule has 0 saturated carbocycles. The molecule has 9 heteroatoms. The number of amides is 1. The summed E-state index contributed by atoms with van der Waals surface area (Å²) in [5.74, 6) is 1.56. The Labute approximate surface area is 152 Å². The number of thiophene rings is 1. The number of carbonyl (C=O) groups excluding carboxylic acids is 1. The number of nitrogen functional groups attached to an aromatic ring is 1. The first kappa shape index (κ1) is 16.3. The van der Waals surface area contributed by atoms with Crippen molar-refractivity contribution in [3.63, 3.8) is 0 Å². The maximum atomic E-state index is 12.0. The van der Waals surface area contributed by atoms with Crippen molar-refractivity contribution >= 4 is 50.9 Å². The molecule has 1 aliphatic carbocycles. The molecule has 0 unspecified atom stereocenters. The highest BCUT2D eigenvalue weighted by atomic mass is 32.2. The summed E-state index contributed by atoms with van der Waals surface area (Å²) in [5, 5.41) is 7.94. The highest BCUT2D eigenvalue weighted by molar-refractivity contribution is 7.99. The number of fused-ring (bicyclic) bond motifs is 3. The van der Waals surface area contributed by atoms with Gasteiger partial charge in [0.1, 0.15) is 16.4 Å². The molecular formula is C16H17N5O2S2. The van der Waals surface area contributed by atoms with Crippen LogP contribution in [0.15, 0.2) is 15.7 Å². The smallest absolute Gasteiger partial charge is 0.236 e. The van der Waals surface area contributed by atoms with E-state index in [0.29, 0.717) is 22.6 Å². The third-order valence-corrected chi connectivity index (χ3v) is 6.08. The van der Waals surface area contributed by atoms with Crippen molar-refractivity contribution in [1.29, 1.82) is 0 Å². The van der Waals surface area contributed by atoms with Gasteiger partial charge in [0, 0.05) is 10.9 Å². The van der Waals surface area contributed by atoms with Crippen LogP contribution < -0.4 is 11.1 Å². The molecule has 1 aliphatic rings. The predicted octanol–water partition coefficient (Wildman–Crippen LogP) is 3.18. The number of hydrogen-bond donors (Lipinski definition) is 2. The molecule has 0 radical (unpaired) electrons. The normalized spacial score (nSPS) is 13.8. The van der Waals surface area contributed by atoms with E-state index >= 15 is 0 Å². The summed E-state index contributed by atoms with van der Waals surface area (Å²) in [6, 6.07) is 1.67. The van der Waals surface area contributed by atoms with E-state index in [4.69, 9.17) is 10.3 Å². The number of rotatable bonds is 4. The van der Waals surface area contributed by atoms with Crippen molar-refractivity contribution in [2.75, 3.05) is 16.8 Å². The quantitative estimate of drug-likeness (QED) is 0.533. The number of thioether (sulfide) groups is 1. The number of anilines is 2. The number of nitrogens with two attached hydrogens (primary N) is 1. The molecule has 0 spiro atoms. The second kappa shape index (κ2) is 6.64. The third-order valence-electron chi connectivity index (χ3n) is 4.05. The van der Waals surface area contributed by atoms with Crippen LogP contribution in [0.4, 0.5) is 11.6 Å². The van der Waals surface area contributed by atoms with Gasteiger partial charge in [-0.3, -0.25) is 4.79 Å². The number of aromatic nitrogens is 3. The fraction of sp³-hybridized carbons (Fsp3) is 0.375. The topological polar surface area (TPSA) is 107 Å². The second-order valence-corrected chi connectivity index (χ2v) is 7.97. The number of aryl methyl sites for hydroxylation is 3. The van der Waals surface area contributed by atoms with Crippen LogP contribution in [-0.4, -0.2) is 26.8 Å². The van der Waals surface area contributed by atoms with Gasteiger partial charge in [0.15, 0.2) is 11.0 Å². The third kappa shape index (κ3) is 3.34. The molecule has 0 saturated heterocycles. The summed E-state index contributed by atoms with van der Waals surface area (Å²) in [6.45, 7) is 1.77. The zero-order valence-electron chi connectivity index (χ0n) is 13.7. The van der Waals surface area contributed by atoms with Gasteiger partial charge in [-0.05, 0) is 38.2 Å². The zero-order chi connectivity index (χ0) is 17.4. The highest BCUT2D eigenvalue weighted by Gasteiger charge is 2.20. The fourth-order valence-corrected chi connectivity index (χ4v) is 4.94. The van der Waals surface area contributed by atoms with Crippen LogP contribution in [0.3, 0.4) is 0 Å². The molecule has 4 rings (SSSR count). The predicted molar refractivity (Wildman–Crippen MR) is 99.1 cm³/mol. The van der Waals surface area contributed by atoms with E-state index in [1.54, 1.807) is 24.3 Å². The molecule has 3 N–H and O–H groups in total. The molecule has 0 bridgehead atoms.